The van der Waals surface area contributed by atoms with Gasteiger partial charge >= 0.3 is 0 Å². The molecule has 1 aromatic carbocycles. The molecule has 31 heavy (non-hydrogen) atoms. The summed E-state index contributed by atoms with van der Waals surface area (Å²) in [6, 6.07) is 12.1. The van der Waals surface area contributed by atoms with Gasteiger partial charge in [-0.1, -0.05) is 6.07 Å². The van der Waals surface area contributed by atoms with E-state index in [1.54, 1.807) is 18.2 Å². The third kappa shape index (κ3) is 4.29. The van der Waals surface area contributed by atoms with E-state index in [-0.39, 0.29) is 22.8 Å². The van der Waals surface area contributed by atoms with Crippen molar-refractivity contribution < 1.29 is 18.7 Å². The van der Waals surface area contributed by atoms with Crippen LogP contribution in [0.15, 0.2) is 59.0 Å². The van der Waals surface area contributed by atoms with Gasteiger partial charge < -0.3 is 14.4 Å². The summed E-state index contributed by atoms with van der Waals surface area (Å²) in [4.78, 5) is 31.8. The Bertz CT molecular complexity index is 1260. The lowest BCUT2D eigenvalue weighted by Gasteiger charge is -2.26. The molecule has 0 aliphatic carbocycles. The molecule has 0 N–H and O–H groups in total. The van der Waals surface area contributed by atoms with Gasteiger partial charge in [0.05, 0.1) is 13.2 Å². The smallest absolute Gasteiger partial charge is 0.269 e. The minimum absolute atomic E-state index is 0.0637. The number of rotatable bonds is 4. The maximum Gasteiger partial charge on any atom is 0.269 e. The summed E-state index contributed by atoms with van der Waals surface area (Å²) in [6.07, 6.45) is 2.71. The molecule has 0 saturated carbocycles. The van der Waals surface area contributed by atoms with E-state index in [0.29, 0.717) is 32.0 Å². The van der Waals surface area contributed by atoms with Gasteiger partial charge in [0.2, 0.25) is 5.88 Å². The number of nitrogens with zero attached hydrogens (tertiary/aromatic N) is 4. The van der Waals surface area contributed by atoms with Crippen molar-refractivity contribution in [1.29, 1.82) is 5.26 Å². The Morgan fingerprint density at radius 2 is 1.94 bits per heavy atom. The first kappa shape index (κ1) is 20.3. The fourth-order valence-electron chi connectivity index (χ4n) is 3.12. The summed E-state index contributed by atoms with van der Waals surface area (Å²) in [5.41, 5.74) is -0.475. The van der Waals surface area contributed by atoms with Crippen LogP contribution in [-0.4, -0.2) is 46.5 Å². The Kier molecular flexibility index (Phi) is 5.73. The van der Waals surface area contributed by atoms with Crippen LogP contribution in [0.3, 0.4) is 0 Å². The number of ether oxygens (including phenoxy) is 2. The van der Waals surface area contributed by atoms with E-state index < -0.39 is 17.3 Å². The van der Waals surface area contributed by atoms with Crippen molar-refractivity contribution in [2.75, 3.05) is 26.3 Å². The molecule has 8 nitrogen and oxygen atoms in total. The van der Waals surface area contributed by atoms with Crippen molar-refractivity contribution in [2.24, 2.45) is 0 Å². The molecular formula is C22H17FN4O4. The number of aromatic nitrogens is 2. The van der Waals surface area contributed by atoms with E-state index in [2.05, 4.69) is 4.98 Å². The van der Waals surface area contributed by atoms with Crippen molar-refractivity contribution in [3.8, 4) is 17.7 Å². The number of amides is 1. The number of halogens is 1. The van der Waals surface area contributed by atoms with Crippen LogP contribution in [0.2, 0.25) is 0 Å². The highest BCUT2D eigenvalue weighted by molar-refractivity contribution is 6.02. The molecule has 156 valence electrons. The highest BCUT2D eigenvalue weighted by atomic mass is 19.1. The van der Waals surface area contributed by atoms with Crippen molar-refractivity contribution >= 4 is 17.6 Å². The number of morpholine rings is 1. The molecular weight excluding hydrogens is 403 g/mol. The normalized spacial score (nSPS) is 14.3. The molecule has 0 radical (unpaired) electrons. The first-order valence-corrected chi connectivity index (χ1v) is 9.50. The first-order chi connectivity index (χ1) is 15.1. The van der Waals surface area contributed by atoms with Crippen LogP contribution in [0.4, 0.5) is 4.39 Å². The van der Waals surface area contributed by atoms with Gasteiger partial charge in [-0.05, 0) is 42.5 Å². The van der Waals surface area contributed by atoms with Crippen molar-refractivity contribution in [3.05, 3.63) is 76.0 Å². The van der Waals surface area contributed by atoms with Crippen LogP contribution in [0.25, 0.3) is 11.7 Å². The standard InChI is InChI=1S/C22H17FN4O4/c23-16-4-6-17(7-5-16)31-20-18(22(29)27-8-2-1-3-19(27)25-20)13-15(14-24)21(28)26-9-11-30-12-10-26/h1-8,13H,9-12H2. The van der Waals surface area contributed by atoms with Gasteiger partial charge in [0, 0.05) is 19.3 Å². The number of fused-ring (bicyclic) bond motifs is 1. The number of hydrogen-bond donors (Lipinski definition) is 0. The SMILES string of the molecule is N#CC(=Cc1c(Oc2ccc(F)cc2)nc2ccccn2c1=O)C(=O)N1CCOCC1. The van der Waals surface area contributed by atoms with Crippen LogP contribution < -0.4 is 10.3 Å². The van der Waals surface area contributed by atoms with Gasteiger partial charge in [-0.3, -0.25) is 14.0 Å². The molecule has 4 rings (SSSR count). The monoisotopic (exact) mass is 420 g/mol. The van der Waals surface area contributed by atoms with E-state index in [0.717, 1.165) is 0 Å². The van der Waals surface area contributed by atoms with E-state index in [1.165, 1.54) is 45.8 Å². The quantitative estimate of drug-likeness (QED) is 0.475. The molecule has 0 spiro atoms. The zero-order valence-corrected chi connectivity index (χ0v) is 16.3. The number of benzene rings is 1. The Morgan fingerprint density at radius 1 is 1.19 bits per heavy atom. The van der Waals surface area contributed by atoms with Gasteiger partial charge in [-0.2, -0.15) is 10.2 Å². The van der Waals surface area contributed by atoms with E-state index >= 15 is 0 Å². The van der Waals surface area contributed by atoms with E-state index in [4.69, 9.17) is 9.47 Å². The molecule has 1 fully saturated rings. The van der Waals surface area contributed by atoms with Crippen LogP contribution in [-0.2, 0) is 9.53 Å². The third-order valence-corrected chi connectivity index (χ3v) is 4.70. The zero-order valence-electron chi connectivity index (χ0n) is 16.3. The summed E-state index contributed by atoms with van der Waals surface area (Å²) < 4.78 is 25.5. The second kappa shape index (κ2) is 8.77. The molecule has 2 aromatic heterocycles. The van der Waals surface area contributed by atoms with Crippen LogP contribution in [0, 0.1) is 17.1 Å². The maximum atomic E-state index is 13.2. The van der Waals surface area contributed by atoms with E-state index in [9.17, 15) is 19.2 Å². The second-order valence-corrected chi connectivity index (χ2v) is 6.69. The van der Waals surface area contributed by atoms with Gasteiger partial charge in [0.1, 0.15) is 34.4 Å². The van der Waals surface area contributed by atoms with Crippen LogP contribution >= 0.6 is 0 Å². The number of carbonyl (C=O) groups excluding carboxylic acids is 1. The van der Waals surface area contributed by atoms with Crippen molar-refractivity contribution in [2.45, 2.75) is 0 Å². The molecule has 3 aromatic rings. The Morgan fingerprint density at radius 3 is 2.65 bits per heavy atom. The molecule has 9 heteroatoms. The fraction of sp³-hybridized carbons (Fsp3) is 0.182. The summed E-state index contributed by atoms with van der Waals surface area (Å²) >= 11 is 0. The molecule has 0 atom stereocenters. The van der Waals surface area contributed by atoms with Crippen LogP contribution in [0.1, 0.15) is 5.56 Å². The predicted molar refractivity (Wildman–Crippen MR) is 109 cm³/mol. The Hall–Kier alpha value is -4.03. The lowest BCUT2D eigenvalue weighted by Crippen LogP contribution is -2.41. The van der Waals surface area contributed by atoms with Gasteiger partial charge in [0.25, 0.3) is 11.5 Å². The third-order valence-electron chi connectivity index (χ3n) is 4.70. The summed E-state index contributed by atoms with van der Waals surface area (Å²) in [6.45, 7) is 1.46. The lowest BCUT2D eigenvalue weighted by molar-refractivity contribution is -0.130. The maximum absolute atomic E-state index is 13.2. The minimum Gasteiger partial charge on any atom is -0.438 e. The Labute approximate surface area is 176 Å². The second-order valence-electron chi connectivity index (χ2n) is 6.69. The topological polar surface area (TPSA) is 96.9 Å². The molecule has 3 heterocycles. The average molecular weight is 420 g/mol. The average Bonchev–Trinajstić information content (AvgIpc) is 2.81. The summed E-state index contributed by atoms with van der Waals surface area (Å²) in [7, 11) is 0. The van der Waals surface area contributed by atoms with E-state index in [1.807, 2.05) is 6.07 Å². The Balaban J connectivity index is 1.82. The highest BCUT2D eigenvalue weighted by Gasteiger charge is 2.23. The summed E-state index contributed by atoms with van der Waals surface area (Å²) in [5, 5.41) is 9.59. The van der Waals surface area contributed by atoms with Gasteiger partial charge in [0.15, 0.2) is 0 Å². The number of pyridine rings is 1. The largest absolute Gasteiger partial charge is 0.438 e. The van der Waals surface area contributed by atoms with Gasteiger partial charge in [-0.25, -0.2) is 4.39 Å². The minimum atomic E-state index is -0.509. The number of carbonyl (C=O) groups is 1. The molecule has 0 bridgehead atoms. The fourth-order valence-corrected chi connectivity index (χ4v) is 3.12. The molecule has 0 unspecified atom stereocenters. The molecule has 1 aliphatic rings. The zero-order chi connectivity index (χ0) is 21.8. The van der Waals surface area contributed by atoms with Crippen molar-refractivity contribution in [3.63, 3.8) is 0 Å². The number of hydrogen-bond acceptors (Lipinski definition) is 6. The predicted octanol–water partition coefficient (Wildman–Crippen LogP) is 2.39. The molecule has 1 amide bonds. The first-order valence-electron chi connectivity index (χ1n) is 9.50. The van der Waals surface area contributed by atoms with Crippen molar-refractivity contribution in [1.82, 2.24) is 14.3 Å². The highest BCUT2D eigenvalue weighted by Crippen LogP contribution is 2.24. The molecule has 1 aliphatic heterocycles. The summed E-state index contributed by atoms with van der Waals surface area (Å²) in [5.74, 6) is -0.787. The lowest BCUT2D eigenvalue weighted by atomic mass is 10.1. The number of nitriles is 1. The van der Waals surface area contributed by atoms with Gasteiger partial charge in [-0.15, -0.1) is 0 Å². The van der Waals surface area contributed by atoms with Crippen LogP contribution in [0.5, 0.6) is 11.6 Å². The molecule has 1 saturated heterocycles.